The number of carbonyl (C=O) groups is 2. The van der Waals surface area contributed by atoms with Crippen molar-refractivity contribution in [3.8, 4) is 0 Å². The van der Waals surface area contributed by atoms with Crippen LogP contribution in [0.2, 0.25) is 0 Å². The van der Waals surface area contributed by atoms with E-state index < -0.39 is 0 Å². The van der Waals surface area contributed by atoms with E-state index in [0.717, 1.165) is 24.9 Å². The van der Waals surface area contributed by atoms with Crippen LogP contribution in [0.1, 0.15) is 90.0 Å². The zero-order valence-corrected chi connectivity index (χ0v) is 17.2. The van der Waals surface area contributed by atoms with Crippen LogP contribution in [0, 0.1) is 0 Å². The van der Waals surface area contributed by atoms with Gasteiger partial charge in [-0.2, -0.15) is 0 Å². The molecule has 0 aliphatic rings. The molecule has 1 aromatic rings. The number of unbranched alkanes of at least 4 members (excludes halogenated alkanes) is 7. The molecule has 0 spiro atoms. The molecule has 0 saturated carbocycles. The Hall–Kier alpha value is -1.84. The molecule has 0 fully saturated rings. The molecule has 0 aliphatic carbocycles. The average molecular weight is 376 g/mol. The maximum absolute atomic E-state index is 11.9. The maximum atomic E-state index is 11.9. The average Bonchev–Trinajstić information content (AvgIpc) is 2.67. The van der Waals surface area contributed by atoms with Crippen molar-refractivity contribution in [2.75, 3.05) is 11.9 Å². The molecular weight excluding hydrogens is 338 g/mol. The van der Waals surface area contributed by atoms with Crippen LogP contribution >= 0.6 is 0 Å². The summed E-state index contributed by atoms with van der Waals surface area (Å²) in [6.45, 7) is 4.83. The van der Waals surface area contributed by atoms with Gasteiger partial charge in [-0.25, -0.2) is 0 Å². The molecule has 0 bridgehead atoms. The van der Waals surface area contributed by atoms with E-state index in [9.17, 15) is 9.59 Å². The quantitative estimate of drug-likeness (QED) is 0.300. The van der Waals surface area contributed by atoms with Crippen LogP contribution in [-0.2, 0) is 20.7 Å². The van der Waals surface area contributed by atoms with Crippen molar-refractivity contribution >= 4 is 17.6 Å². The van der Waals surface area contributed by atoms with Crippen LogP contribution in [0.25, 0.3) is 0 Å². The minimum atomic E-state index is -0.196. The Morgan fingerprint density at radius 2 is 1.44 bits per heavy atom. The summed E-state index contributed by atoms with van der Waals surface area (Å²) in [6.07, 6.45) is 12.0. The van der Waals surface area contributed by atoms with E-state index in [2.05, 4.69) is 19.2 Å². The third kappa shape index (κ3) is 12.2. The fraction of sp³-hybridized carbons (Fsp3) is 0.652. The fourth-order valence-electron chi connectivity index (χ4n) is 2.93. The predicted molar refractivity (Wildman–Crippen MR) is 112 cm³/mol. The summed E-state index contributed by atoms with van der Waals surface area (Å²) in [6, 6.07) is 7.85. The van der Waals surface area contributed by atoms with E-state index in [1.807, 2.05) is 24.3 Å². The number of carbonyl (C=O) groups excluding carboxylic acids is 2. The van der Waals surface area contributed by atoms with Gasteiger partial charge in [-0.05, 0) is 37.0 Å². The van der Waals surface area contributed by atoms with E-state index in [4.69, 9.17) is 4.74 Å². The number of nitrogens with one attached hydrogen (secondary N) is 1. The lowest BCUT2D eigenvalue weighted by Crippen LogP contribution is -2.12. The number of anilines is 1. The molecule has 0 radical (unpaired) electrons. The number of hydrogen-bond donors (Lipinski definition) is 1. The first-order chi connectivity index (χ1) is 13.2. The molecule has 0 aromatic heterocycles. The number of hydrogen-bond acceptors (Lipinski definition) is 3. The lowest BCUT2D eigenvalue weighted by atomic mass is 10.1. The van der Waals surface area contributed by atoms with Crippen LogP contribution in [0.5, 0.6) is 0 Å². The predicted octanol–water partition coefficient (Wildman–Crippen LogP) is 6.04. The molecule has 4 heteroatoms. The van der Waals surface area contributed by atoms with Crippen LogP contribution in [0.4, 0.5) is 5.69 Å². The number of benzene rings is 1. The summed E-state index contributed by atoms with van der Waals surface area (Å²) in [4.78, 5) is 23.6. The van der Waals surface area contributed by atoms with E-state index in [0.29, 0.717) is 25.9 Å². The minimum absolute atomic E-state index is 0.0601. The van der Waals surface area contributed by atoms with Gasteiger partial charge in [0, 0.05) is 18.5 Å². The number of ether oxygens (including phenoxy) is 1. The third-order valence-electron chi connectivity index (χ3n) is 4.69. The molecule has 27 heavy (non-hydrogen) atoms. The van der Waals surface area contributed by atoms with Crippen molar-refractivity contribution in [2.45, 2.75) is 90.9 Å². The van der Waals surface area contributed by atoms with Crippen molar-refractivity contribution in [1.82, 2.24) is 0 Å². The molecule has 1 N–H and O–H groups in total. The second kappa shape index (κ2) is 15.2. The monoisotopic (exact) mass is 375 g/mol. The molecule has 0 heterocycles. The van der Waals surface area contributed by atoms with E-state index >= 15 is 0 Å². The van der Waals surface area contributed by atoms with Crippen molar-refractivity contribution < 1.29 is 14.3 Å². The van der Waals surface area contributed by atoms with Gasteiger partial charge in [-0.3, -0.25) is 9.59 Å². The third-order valence-corrected chi connectivity index (χ3v) is 4.69. The molecule has 1 aromatic carbocycles. The van der Waals surface area contributed by atoms with Crippen molar-refractivity contribution in [2.24, 2.45) is 0 Å². The smallest absolute Gasteiger partial charge is 0.305 e. The first-order valence-corrected chi connectivity index (χ1v) is 10.7. The Morgan fingerprint density at radius 3 is 2.07 bits per heavy atom. The molecule has 1 amide bonds. The lowest BCUT2D eigenvalue weighted by Gasteiger charge is -2.07. The highest BCUT2D eigenvalue weighted by Crippen LogP contribution is 2.11. The number of aryl methyl sites for hydroxylation is 1. The van der Waals surface area contributed by atoms with E-state index in [1.54, 1.807) is 0 Å². The minimum Gasteiger partial charge on any atom is -0.466 e. The summed E-state index contributed by atoms with van der Waals surface area (Å²) in [5.41, 5.74) is 2.04. The van der Waals surface area contributed by atoms with Crippen molar-refractivity contribution in [1.29, 1.82) is 0 Å². The van der Waals surface area contributed by atoms with Gasteiger partial charge >= 0.3 is 5.97 Å². The highest BCUT2D eigenvalue weighted by atomic mass is 16.5. The van der Waals surface area contributed by atoms with E-state index in [1.165, 1.54) is 44.1 Å². The van der Waals surface area contributed by atoms with Crippen LogP contribution < -0.4 is 5.32 Å². The second-order valence-corrected chi connectivity index (χ2v) is 7.15. The summed E-state index contributed by atoms with van der Waals surface area (Å²) >= 11 is 0. The van der Waals surface area contributed by atoms with Gasteiger partial charge in [0.1, 0.15) is 0 Å². The number of amides is 1. The van der Waals surface area contributed by atoms with Crippen LogP contribution in [0.15, 0.2) is 24.3 Å². The highest BCUT2D eigenvalue weighted by molar-refractivity contribution is 5.90. The summed E-state index contributed by atoms with van der Waals surface area (Å²) < 4.78 is 5.24. The summed E-state index contributed by atoms with van der Waals surface area (Å²) in [5, 5.41) is 2.86. The molecule has 152 valence electrons. The van der Waals surface area contributed by atoms with Gasteiger partial charge in [0.15, 0.2) is 0 Å². The van der Waals surface area contributed by atoms with Gasteiger partial charge in [0.25, 0.3) is 0 Å². The lowest BCUT2D eigenvalue weighted by molar-refractivity contribution is -0.143. The Bertz CT molecular complexity index is 525. The van der Waals surface area contributed by atoms with Gasteiger partial charge in [-0.1, -0.05) is 70.9 Å². The molecule has 0 saturated heterocycles. The molecule has 1 rings (SSSR count). The SMILES string of the molecule is CCCCCCCCCCOC(=O)CCCC(=O)Nc1ccc(CC)cc1. The molecule has 4 nitrogen and oxygen atoms in total. The normalized spacial score (nSPS) is 10.6. The molecule has 0 aliphatic heterocycles. The molecule has 0 unspecified atom stereocenters. The summed E-state index contributed by atoms with van der Waals surface area (Å²) in [7, 11) is 0. The first-order valence-electron chi connectivity index (χ1n) is 10.7. The largest absolute Gasteiger partial charge is 0.466 e. The fourth-order valence-corrected chi connectivity index (χ4v) is 2.93. The van der Waals surface area contributed by atoms with Gasteiger partial charge in [-0.15, -0.1) is 0 Å². The van der Waals surface area contributed by atoms with Crippen molar-refractivity contribution in [3.05, 3.63) is 29.8 Å². The second-order valence-electron chi connectivity index (χ2n) is 7.15. The van der Waals surface area contributed by atoms with Crippen LogP contribution in [0.3, 0.4) is 0 Å². The van der Waals surface area contributed by atoms with Gasteiger partial charge in [0.2, 0.25) is 5.91 Å². The van der Waals surface area contributed by atoms with Gasteiger partial charge in [0.05, 0.1) is 6.61 Å². The Kier molecular flexibility index (Phi) is 13.1. The number of esters is 1. The zero-order valence-electron chi connectivity index (χ0n) is 17.2. The number of rotatable bonds is 15. The highest BCUT2D eigenvalue weighted by Gasteiger charge is 2.07. The van der Waals surface area contributed by atoms with E-state index in [-0.39, 0.29) is 11.9 Å². The van der Waals surface area contributed by atoms with Crippen LogP contribution in [-0.4, -0.2) is 18.5 Å². The van der Waals surface area contributed by atoms with Crippen molar-refractivity contribution in [3.63, 3.8) is 0 Å². The Morgan fingerprint density at radius 1 is 0.815 bits per heavy atom. The molecule has 0 atom stereocenters. The van der Waals surface area contributed by atoms with Gasteiger partial charge < -0.3 is 10.1 Å². The maximum Gasteiger partial charge on any atom is 0.305 e. The topological polar surface area (TPSA) is 55.4 Å². The first kappa shape index (κ1) is 23.2. The Balaban J connectivity index is 1.99. The Labute approximate surface area is 165 Å². The molecular formula is C23H37NO3. The zero-order chi connectivity index (χ0) is 19.7. The standard InChI is InChI=1S/C23H37NO3/c1-3-5-6-7-8-9-10-11-19-27-23(26)14-12-13-22(25)24-21-17-15-20(4-2)16-18-21/h15-18H,3-14,19H2,1-2H3,(H,24,25). The summed E-state index contributed by atoms with van der Waals surface area (Å²) in [5.74, 6) is -0.256.